The fourth-order valence-corrected chi connectivity index (χ4v) is 4.59. The molecule has 0 spiro atoms. The molecule has 0 radical (unpaired) electrons. The third-order valence-corrected chi connectivity index (χ3v) is 6.69. The van der Waals surface area contributed by atoms with Crippen LogP contribution in [0.5, 0.6) is 0 Å². The molecule has 0 bridgehead atoms. The zero-order chi connectivity index (χ0) is 30.2. The zero-order valence-electron chi connectivity index (χ0n) is 23.6. The van der Waals surface area contributed by atoms with E-state index in [1.807, 2.05) is 48.5 Å². The molecule has 0 aliphatic heterocycles. The highest BCUT2D eigenvalue weighted by Crippen LogP contribution is 2.22. The van der Waals surface area contributed by atoms with Gasteiger partial charge in [0.2, 0.25) is 0 Å². The second-order valence-corrected chi connectivity index (χ2v) is 9.93. The molecule has 5 rings (SSSR count). The van der Waals surface area contributed by atoms with Gasteiger partial charge in [-0.05, 0) is 73.6 Å². The fraction of sp³-hybridized carbons (Fsp3) is 0.182. The maximum Gasteiger partial charge on any atom is 0.354 e. The van der Waals surface area contributed by atoms with Crippen LogP contribution in [-0.4, -0.2) is 58.5 Å². The van der Waals surface area contributed by atoms with Gasteiger partial charge in [-0.2, -0.15) is 0 Å². The van der Waals surface area contributed by atoms with Crippen LogP contribution in [0, 0.1) is 0 Å². The summed E-state index contributed by atoms with van der Waals surface area (Å²) >= 11 is 0. The Labute approximate surface area is 248 Å². The number of aromatic carboxylic acids is 2. The van der Waals surface area contributed by atoms with E-state index in [4.69, 9.17) is 15.0 Å². The molecular weight excluding hydrogens is 544 g/mol. The number of carboxylic acids is 2. The van der Waals surface area contributed by atoms with Gasteiger partial charge >= 0.3 is 11.9 Å². The monoisotopic (exact) mass is 574 g/mol. The molecular formula is C33H30N6O4. The molecule has 0 aliphatic carbocycles. The van der Waals surface area contributed by atoms with Gasteiger partial charge in [0.25, 0.3) is 0 Å². The first-order valence-corrected chi connectivity index (χ1v) is 13.9. The van der Waals surface area contributed by atoms with Crippen molar-refractivity contribution >= 4 is 11.9 Å². The maximum absolute atomic E-state index is 11.4. The standard InChI is InChI=1S/C33H30N6O4/c1-2-3-19-39(21-23-10-5-12-25(35-23)27-15-7-17-30(37-27)32(40)41)20-22-9-4-11-24(34-22)26-13-6-14-28(36-26)29-16-8-18-31(38-29)33(42)43/h4-18H,2-3,19-21H2,1H3,(H,40,41)(H,42,43). The number of aromatic nitrogens is 5. The van der Waals surface area contributed by atoms with Crippen molar-refractivity contribution in [1.82, 2.24) is 29.8 Å². The molecule has 2 N–H and O–H groups in total. The third-order valence-electron chi connectivity index (χ3n) is 6.69. The van der Waals surface area contributed by atoms with Gasteiger partial charge in [0.1, 0.15) is 11.4 Å². The average Bonchev–Trinajstić information content (AvgIpc) is 3.04. The van der Waals surface area contributed by atoms with Crippen LogP contribution in [0.25, 0.3) is 34.2 Å². The van der Waals surface area contributed by atoms with E-state index in [0.29, 0.717) is 47.3 Å². The van der Waals surface area contributed by atoms with Gasteiger partial charge in [-0.15, -0.1) is 0 Å². The van der Waals surface area contributed by atoms with Gasteiger partial charge in [0.05, 0.1) is 45.6 Å². The number of nitrogens with zero attached hydrogens (tertiary/aromatic N) is 6. The largest absolute Gasteiger partial charge is 0.477 e. The molecule has 216 valence electrons. The summed E-state index contributed by atoms with van der Waals surface area (Å²) in [7, 11) is 0. The lowest BCUT2D eigenvalue weighted by Gasteiger charge is -2.22. The molecule has 5 heterocycles. The molecule has 0 saturated carbocycles. The van der Waals surface area contributed by atoms with Gasteiger partial charge in [0.15, 0.2) is 0 Å². The van der Waals surface area contributed by atoms with E-state index >= 15 is 0 Å². The van der Waals surface area contributed by atoms with Crippen LogP contribution in [0.15, 0.2) is 91.0 Å². The molecule has 0 unspecified atom stereocenters. The van der Waals surface area contributed by atoms with E-state index in [-0.39, 0.29) is 11.4 Å². The van der Waals surface area contributed by atoms with E-state index in [2.05, 4.69) is 21.8 Å². The molecule has 5 aromatic rings. The van der Waals surface area contributed by atoms with Crippen LogP contribution in [-0.2, 0) is 13.1 Å². The first-order chi connectivity index (χ1) is 20.9. The summed E-state index contributed by atoms with van der Waals surface area (Å²) in [5, 5.41) is 18.6. The number of carbonyl (C=O) groups is 2. The molecule has 43 heavy (non-hydrogen) atoms. The quantitative estimate of drug-likeness (QED) is 0.186. The van der Waals surface area contributed by atoms with Crippen LogP contribution >= 0.6 is 0 Å². The van der Waals surface area contributed by atoms with E-state index in [1.54, 1.807) is 30.3 Å². The van der Waals surface area contributed by atoms with Crippen molar-refractivity contribution in [2.45, 2.75) is 32.9 Å². The summed E-state index contributed by atoms with van der Waals surface area (Å²) in [5.41, 5.74) is 5.18. The van der Waals surface area contributed by atoms with Crippen molar-refractivity contribution in [3.05, 3.63) is 114 Å². The Morgan fingerprint density at radius 1 is 0.558 bits per heavy atom. The minimum absolute atomic E-state index is 0.0229. The van der Waals surface area contributed by atoms with Crippen molar-refractivity contribution in [3.8, 4) is 34.2 Å². The normalized spacial score (nSPS) is 11.0. The number of carboxylic acid groups (broad SMARTS) is 2. The summed E-state index contributed by atoms with van der Waals surface area (Å²) in [4.78, 5) is 47.9. The molecule has 0 saturated heterocycles. The second-order valence-electron chi connectivity index (χ2n) is 9.93. The highest BCUT2D eigenvalue weighted by Gasteiger charge is 2.14. The fourth-order valence-electron chi connectivity index (χ4n) is 4.59. The van der Waals surface area contributed by atoms with E-state index < -0.39 is 11.9 Å². The number of hydrogen-bond acceptors (Lipinski definition) is 8. The summed E-state index contributed by atoms with van der Waals surface area (Å²) in [5.74, 6) is -2.17. The summed E-state index contributed by atoms with van der Waals surface area (Å²) in [6.45, 7) is 4.17. The van der Waals surface area contributed by atoms with E-state index in [9.17, 15) is 19.8 Å². The Kier molecular flexibility index (Phi) is 9.18. The lowest BCUT2D eigenvalue weighted by Crippen LogP contribution is -2.25. The summed E-state index contributed by atoms with van der Waals surface area (Å²) < 4.78 is 0. The average molecular weight is 575 g/mol. The Morgan fingerprint density at radius 3 is 1.35 bits per heavy atom. The molecule has 0 atom stereocenters. The second kappa shape index (κ2) is 13.5. The number of unbranched alkanes of at least 4 members (excludes halogenated alkanes) is 1. The first-order valence-electron chi connectivity index (χ1n) is 13.9. The third kappa shape index (κ3) is 7.49. The van der Waals surface area contributed by atoms with Crippen LogP contribution in [0.1, 0.15) is 52.1 Å². The highest BCUT2D eigenvalue weighted by molar-refractivity contribution is 5.86. The van der Waals surface area contributed by atoms with Gasteiger partial charge in [-0.25, -0.2) is 34.5 Å². The molecule has 0 aromatic carbocycles. The van der Waals surface area contributed by atoms with Crippen molar-refractivity contribution in [2.24, 2.45) is 0 Å². The number of rotatable bonds is 12. The van der Waals surface area contributed by atoms with Gasteiger partial charge in [0, 0.05) is 13.1 Å². The number of pyridine rings is 5. The minimum Gasteiger partial charge on any atom is -0.477 e. The highest BCUT2D eigenvalue weighted by atomic mass is 16.4. The first kappa shape index (κ1) is 29.2. The van der Waals surface area contributed by atoms with Crippen LogP contribution in [0.4, 0.5) is 0 Å². The van der Waals surface area contributed by atoms with Gasteiger partial charge in [-0.1, -0.05) is 43.7 Å². The van der Waals surface area contributed by atoms with Crippen molar-refractivity contribution in [1.29, 1.82) is 0 Å². The molecule has 10 nitrogen and oxygen atoms in total. The molecule has 0 fully saturated rings. The lowest BCUT2D eigenvalue weighted by molar-refractivity contribution is 0.0680. The molecule has 0 aliphatic rings. The SMILES string of the molecule is CCCCN(Cc1cccc(-c2cccc(C(=O)O)n2)n1)Cc1cccc(-c2cccc(-c3cccc(C(=O)O)n3)n2)n1. The summed E-state index contributed by atoms with van der Waals surface area (Å²) in [6.07, 6.45) is 2.05. The van der Waals surface area contributed by atoms with Crippen molar-refractivity contribution < 1.29 is 19.8 Å². The molecule has 0 amide bonds. The van der Waals surface area contributed by atoms with Gasteiger partial charge < -0.3 is 10.2 Å². The van der Waals surface area contributed by atoms with Crippen molar-refractivity contribution in [3.63, 3.8) is 0 Å². The Balaban J connectivity index is 1.36. The van der Waals surface area contributed by atoms with Crippen LogP contribution in [0.2, 0.25) is 0 Å². The Hall–Kier alpha value is -5.35. The maximum atomic E-state index is 11.4. The van der Waals surface area contributed by atoms with Gasteiger partial charge in [-0.3, -0.25) is 4.90 Å². The topological polar surface area (TPSA) is 142 Å². The smallest absolute Gasteiger partial charge is 0.354 e. The lowest BCUT2D eigenvalue weighted by atomic mass is 10.1. The predicted molar refractivity (Wildman–Crippen MR) is 161 cm³/mol. The predicted octanol–water partition coefficient (Wildman–Crippen LogP) is 5.86. The zero-order valence-corrected chi connectivity index (χ0v) is 23.6. The van der Waals surface area contributed by atoms with Crippen LogP contribution in [0.3, 0.4) is 0 Å². The van der Waals surface area contributed by atoms with Crippen LogP contribution < -0.4 is 0 Å². The van der Waals surface area contributed by atoms with Crippen molar-refractivity contribution in [2.75, 3.05) is 6.54 Å². The van der Waals surface area contributed by atoms with E-state index in [1.165, 1.54) is 12.1 Å². The minimum atomic E-state index is -1.09. The Morgan fingerprint density at radius 2 is 0.930 bits per heavy atom. The Bertz CT molecular complexity index is 1760. The molecule has 5 aromatic heterocycles. The molecule has 10 heteroatoms. The number of hydrogen-bond donors (Lipinski definition) is 2. The van der Waals surface area contributed by atoms with E-state index in [0.717, 1.165) is 30.8 Å². The summed E-state index contributed by atoms with van der Waals surface area (Å²) in [6, 6.07) is 26.8.